The molecule has 31 heavy (non-hydrogen) atoms. The van der Waals surface area contributed by atoms with Gasteiger partial charge in [0.25, 0.3) is 10.2 Å². The first-order chi connectivity index (χ1) is 14.6. The number of anilines is 1. The van der Waals surface area contributed by atoms with Crippen LogP contribution in [0.15, 0.2) is 36.5 Å². The van der Waals surface area contributed by atoms with Crippen molar-refractivity contribution in [2.24, 2.45) is 5.14 Å². The smallest absolute Gasteiger partial charge is 0.276 e. The molecule has 1 aromatic carbocycles. The van der Waals surface area contributed by atoms with Crippen molar-refractivity contribution in [1.29, 1.82) is 0 Å². The Kier molecular flexibility index (Phi) is 5.72. The van der Waals surface area contributed by atoms with Crippen molar-refractivity contribution in [3.63, 3.8) is 0 Å². The quantitative estimate of drug-likeness (QED) is 0.611. The second-order valence-corrected chi connectivity index (χ2v) is 10.3. The van der Waals surface area contributed by atoms with Crippen molar-refractivity contribution in [3.8, 4) is 5.75 Å². The number of halogens is 1. The first-order valence-corrected chi connectivity index (χ1v) is 12.0. The summed E-state index contributed by atoms with van der Waals surface area (Å²) in [5.41, 5.74) is 1.09. The Labute approximate surface area is 186 Å². The second-order valence-electron chi connectivity index (χ2n) is 8.41. The van der Waals surface area contributed by atoms with Crippen LogP contribution in [-0.4, -0.2) is 42.8 Å². The third kappa shape index (κ3) is 4.41. The topological polar surface area (TPSA) is 115 Å². The maximum atomic E-state index is 13.6. The molecule has 2 aliphatic rings. The number of hydrogen-bond donors (Lipinski definition) is 2. The molecule has 0 bridgehead atoms. The van der Waals surface area contributed by atoms with E-state index in [0.29, 0.717) is 11.4 Å². The lowest BCUT2D eigenvalue weighted by molar-refractivity contribution is -0.125. The van der Waals surface area contributed by atoms with Gasteiger partial charge < -0.3 is 10.1 Å². The summed E-state index contributed by atoms with van der Waals surface area (Å²) in [6.07, 6.45) is 3.45. The Balaban J connectivity index is 1.70. The Morgan fingerprint density at radius 2 is 2.00 bits per heavy atom. The highest BCUT2D eigenvalue weighted by atomic mass is 35.5. The van der Waals surface area contributed by atoms with Crippen molar-refractivity contribution >= 4 is 33.4 Å². The molecule has 3 N–H and O–H groups in total. The van der Waals surface area contributed by atoms with E-state index in [4.69, 9.17) is 21.5 Å². The molecular weight excluding hydrogens is 440 g/mol. The lowest BCUT2D eigenvalue weighted by atomic mass is 9.71. The average Bonchev–Trinajstić information content (AvgIpc) is 3.46. The number of nitrogens with zero attached hydrogens (tertiary/aromatic N) is 2. The number of amides is 1. The summed E-state index contributed by atoms with van der Waals surface area (Å²) in [6.45, 7) is 3.99. The molecule has 4 rings (SSSR count). The Bertz CT molecular complexity index is 1110. The van der Waals surface area contributed by atoms with Gasteiger partial charge in [0.15, 0.2) is 0 Å². The predicted molar refractivity (Wildman–Crippen MR) is 118 cm³/mol. The lowest BCUT2D eigenvalue weighted by Crippen LogP contribution is -2.67. The third-order valence-electron chi connectivity index (χ3n) is 5.68. The number of pyridine rings is 1. The summed E-state index contributed by atoms with van der Waals surface area (Å²) in [7, 11) is -3.91. The van der Waals surface area contributed by atoms with E-state index in [1.54, 1.807) is 6.07 Å². The molecule has 1 saturated carbocycles. The molecule has 1 aliphatic carbocycles. The first-order valence-electron chi connectivity index (χ1n) is 10.1. The zero-order valence-corrected chi connectivity index (χ0v) is 18.9. The fourth-order valence-electron chi connectivity index (χ4n) is 3.82. The van der Waals surface area contributed by atoms with Crippen LogP contribution in [0.4, 0.5) is 5.69 Å². The van der Waals surface area contributed by atoms with E-state index in [0.717, 1.165) is 28.3 Å². The maximum absolute atomic E-state index is 13.6. The predicted octanol–water partition coefficient (Wildman–Crippen LogP) is 2.80. The number of rotatable bonds is 7. The van der Waals surface area contributed by atoms with Gasteiger partial charge in [-0.25, -0.2) is 10.1 Å². The van der Waals surface area contributed by atoms with E-state index >= 15 is 0 Å². The summed E-state index contributed by atoms with van der Waals surface area (Å²) in [5.74, 6) is 0.256. The van der Waals surface area contributed by atoms with Gasteiger partial charge in [-0.1, -0.05) is 49.7 Å². The average molecular weight is 465 g/mol. The van der Waals surface area contributed by atoms with Crippen LogP contribution in [0.2, 0.25) is 5.15 Å². The van der Waals surface area contributed by atoms with Crippen LogP contribution in [-0.2, 0) is 20.4 Å². The minimum Gasteiger partial charge on any atom is -0.488 e. The van der Waals surface area contributed by atoms with E-state index < -0.39 is 15.6 Å². The minimum atomic E-state index is -3.91. The summed E-state index contributed by atoms with van der Waals surface area (Å²) in [5, 5.41) is 8.48. The van der Waals surface area contributed by atoms with Gasteiger partial charge in [-0.2, -0.15) is 12.7 Å². The van der Waals surface area contributed by atoms with Gasteiger partial charge in [0.05, 0.1) is 12.3 Å². The molecule has 8 nitrogen and oxygen atoms in total. The highest BCUT2D eigenvalue weighted by molar-refractivity contribution is 7.86. The highest BCUT2D eigenvalue weighted by Gasteiger charge is 2.55. The van der Waals surface area contributed by atoms with Crippen LogP contribution >= 0.6 is 11.6 Å². The molecule has 10 heteroatoms. The molecule has 1 amide bonds. The zero-order chi connectivity index (χ0) is 22.4. The zero-order valence-electron chi connectivity index (χ0n) is 17.3. The number of hydrogen-bond acceptors (Lipinski definition) is 5. The number of nitrogens with two attached hydrogens (primary N) is 1. The summed E-state index contributed by atoms with van der Waals surface area (Å²) in [6, 6.07) is 9.16. The molecule has 1 saturated heterocycles. The van der Waals surface area contributed by atoms with Crippen molar-refractivity contribution in [1.82, 2.24) is 9.29 Å². The summed E-state index contributed by atoms with van der Waals surface area (Å²) in [4.78, 5) is 17.7. The number of aromatic nitrogens is 1. The van der Waals surface area contributed by atoms with E-state index in [1.165, 1.54) is 6.20 Å². The molecule has 0 atom stereocenters. The molecule has 0 unspecified atom stereocenters. The molecule has 2 fully saturated rings. The van der Waals surface area contributed by atoms with Crippen molar-refractivity contribution in [2.75, 3.05) is 18.4 Å². The summed E-state index contributed by atoms with van der Waals surface area (Å²) >= 11 is 6.02. The normalized spacial score (nSPS) is 18.5. The standard InChI is InChI=1S/C21H25ClN4O4S/c1-13(2)15-5-3-4-6-16(15)21(11-26(12-21)31(23,28)29)20(27)25-17-10-24-19(22)9-18(17)30-14-7-8-14/h3-6,9-10,13-14H,7-8,11-12H2,1-2H3,(H,25,27)(H2,23,28,29). The van der Waals surface area contributed by atoms with Crippen LogP contribution < -0.4 is 15.2 Å². The Hall–Kier alpha value is -2.20. The highest BCUT2D eigenvalue weighted by Crippen LogP contribution is 2.41. The van der Waals surface area contributed by atoms with E-state index in [9.17, 15) is 13.2 Å². The number of carbonyl (C=O) groups is 1. The number of ether oxygens (including phenoxy) is 1. The molecule has 166 valence electrons. The molecule has 0 radical (unpaired) electrons. The molecule has 1 aliphatic heterocycles. The first kappa shape index (κ1) is 22.0. The number of carbonyl (C=O) groups excluding carboxylic acids is 1. The van der Waals surface area contributed by atoms with Gasteiger partial charge >= 0.3 is 0 Å². The number of nitrogens with one attached hydrogen (secondary N) is 1. The summed E-state index contributed by atoms with van der Waals surface area (Å²) < 4.78 is 30.7. The molecule has 0 spiro atoms. The van der Waals surface area contributed by atoms with Gasteiger partial charge in [-0.15, -0.1) is 0 Å². The van der Waals surface area contributed by atoms with Gasteiger partial charge in [0, 0.05) is 19.2 Å². The molecule has 2 heterocycles. The van der Waals surface area contributed by atoms with Gasteiger partial charge in [0.1, 0.15) is 22.0 Å². The third-order valence-corrected chi connectivity index (χ3v) is 6.87. The monoisotopic (exact) mass is 464 g/mol. The van der Waals surface area contributed by atoms with E-state index in [2.05, 4.69) is 10.3 Å². The van der Waals surface area contributed by atoms with Gasteiger partial charge in [-0.3, -0.25) is 4.79 Å². The minimum absolute atomic E-state index is 0.0404. The van der Waals surface area contributed by atoms with Crippen molar-refractivity contribution in [2.45, 2.75) is 44.1 Å². The van der Waals surface area contributed by atoms with Crippen molar-refractivity contribution < 1.29 is 17.9 Å². The molecule has 1 aromatic heterocycles. The van der Waals surface area contributed by atoms with E-state index in [-0.39, 0.29) is 36.2 Å². The lowest BCUT2D eigenvalue weighted by Gasteiger charge is -2.48. The van der Waals surface area contributed by atoms with Crippen LogP contribution in [0.25, 0.3) is 0 Å². The van der Waals surface area contributed by atoms with Crippen LogP contribution in [0.1, 0.15) is 43.7 Å². The van der Waals surface area contributed by atoms with Crippen LogP contribution in [0.5, 0.6) is 5.75 Å². The number of benzene rings is 1. The Morgan fingerprint density at radius 3 is 2.61 bits per heavy atom. The molecule has 2 aromatic rings. The van der Waals surface area contributed by atoms with Crippen LogP contribution in [0.3, 0.4) is 0 Å². The SMILES string of the molecule is CC(C)c1ccccc1C1(C(=O)Nc2cnc(Cl)cc2OC2CC2)CN(S(N)(=O)=O)C1. The fourth-order valence-corrected chi connectivity index (χ4v) is 4.77. The Morgan fingerprint density at radius 1 is 1.32 bits per heavy atom. The maximum Gasteiger partial charge on any atom is 0.276 e. The fraction of sp³-hybridized carbons (Fsp3) is 0.429. The molecular formula is C21H25ClN4O4S. The largest absolute Gasteiger partial charge is 0.488 e. The van der Waals surface area contributed by atoms with Crippen molar-refractivity contribution in [3.05, 3.63) is 52.8 Å². The van der Waals surface area contributed by atoms with E-state index in [1.807, 2.05) is 38.1 Å². The van der Waals surface area contributed by atoms with Gasteiger partial charge in [-0.05, 0) is 29.9 Å². The second kappa shape index (κ2) is 8.05. The van der Waals surface area contributed by atoms with Gasteiger partial charge in [0.2, 0.25) is 5.91 Å². The van der Waals surface area contributed by atoms with Crippen LogP contribution in [0, 0.1) is 0 Å².